The first kappa shape index (κ1) is 17.5. The largest absolute Gasteiger partial charge is 0.345 e. The number of hydrogen-bond acceptors (Lipinski definition) is 4. The number of carbonyl (C=O) groups is 1. The van der Waals surface area contributed by atoms with Crippen LogP contribution in [0.5, 0.6) is 0 Å². The first-order chi connectivity index (χ1) is 13.4. The lowest BCUT2D eigenvalue weighted by Crippen LogP contribution is -2.40. The van der Waals surface area contributed by atoms with Crippen molar-refractivity contribution in [1.29, 1.82) is 5.26 Å². The van der Waals surface area contributed by atoms with Crippen LogP contribution in [-0.4, -0.2) is 23.6 Å². The Bertz CT molecular complexity index is 1010. The maximum Gasteiger partial charge on any atom is 0.345 e. The van der Waals surface area contributed by atoms with E-state index in [0.717, 1.165) is 35.6 Å². The number of alkyl halides is 2. The molecule has 0 aliphatic heterocycles. The zero-order chi connectivity index (χ0) is 19.5. The van der Waals surface area contributed by atoms with Crippen molar-refractivity contribution in [3.63, 3.8) is 0 Å². The minimum atomic E-state index is -2.80. The number of benzene rings is 1. The maximum absolute atomic E-state index is 12.3. The molecule has 1 N–H and O–H groups in total. The van der Waals surface area contributed by atoms with Crippen LogP contribution < -0.4 is 5.32 Å². The summed E-state index contributed by atoms with van der Waals surface area (Å²) in [6.07, 6.45) is 4.89. The van der Waals surface area contributed by atoms with Crippen molar-refractivity contribution in [2.75, 3.05) is 5.32 Å². The van der Waals surface area contributed by atoms with E-state index < -0.39 is 12.7 Å². The second kappa shape index (κ2) is 5.95. The third kappa shape index (κ3) is 2.67. The summed E-state index contributed by atoms with van der Waals surface area (Å²) in [7, 11) is 0. The van der Waals surface area contributed by atoms with E-state index in [-0.39, 0.29) is 22.7 Å². The number of rotatable bonds is 5. The van der Waals surface area contributed by atoms with Crippen molar-refractivity contribution in [1.82, 2.24) is 4.98 Å². The Labute approximate surface area is 160 Å². The van der Waals surface area contributed by atoms with Crippen molar-refractivity contribution in [3.8, 4) is 6.07 Å². The molecule has 0 unspecified atom stereocenters. The molecule has 2 aromatic rings. The number of carbonyl (C=O) groups excluding carboxylic acids is 1. The Hall–Kier alpha value is -2.59. The predicted molar refractivity (Wildman–Crippen MR) is 97.5 cm³/mol. The lowest BCUT2D eigenvalue weighted by molar-refractivity contribution is -0.191. The summed E-state index contributed by atoms with van der Waals surface area (Å²) < 4.78 is 28.8. The minimum absolute atomic E-state index is 0.195. The van der Waals surface area contributed by atoms with Gasteiger partial charge in [0, 0.05) is 17.5 Å². The molecule has 28 heavy (non-hydrogen) atoms. The summed E-state index contributed by atoms with van der Waals surface area (Å²) in [5.74, 6) is -0.142. The lowest BCUT2D eigenvalue weighted by Gasteiger charge is -2.33. The Morgan fingerprint density at radius 2 is 2.07 bits per heavy atom. The third-order valence-corrected chi connectivity index (χ3v) is 6.66. The standard InChI is InChI=1S/C21H19F2N3O2/c22-19(23)28-16-6-14(7-16)18(27)26-17-8-13-5-15(2-1-12(13)9-25-17)21(11-24)10-20(21)3-4-20/h1-2,5,8-9,14,16,19H,3-4,6-7,10H2,(H,25,26,27)/t14?,16?,21-/m1/s1. The summed E-state index contributed by atoms with van der Waals surface area (Å²) in [5.41, 5.74) is 0.870. The summed E-state index contributed by atoms with van der Waals surface area (Å²) in [6.45, 7) is -2.80. The van der Waals surface area contributed by atoms with Crippen molar-refractivity contribution in [2.45, 2.75) is 50.2 Å². The minimum Gasteiger partial charge on any atom is -0.320 e. The summed E-state index contributed by atoms with van der Waals surface area (Å²) in [4.78, 5) is 16.6. The molecule has 7 heteroatoms. The predicted octanol–water partition coefficient (Wildman–Crippen LogP) is 4.14. The summed E-state index contributed by atoms with van der Waals surface area (Å²) in [6, 6.07) is 10.3. The summed E-state index contributed by atoms with van der Waals surface area (Å²) >= 11 is 0. The molecule has 1 aromatic carbocycles. The highest BCUT2D eigenvalue weighted by Gasteiger charge is 2.75. The fourth-order valence-corrected chi connectivity index (χ4v) is 4.59. The van der Waals surface area contributed by atoms with Gasteiger partial charge in [-0.2, -0.15) is 14.0 Å². The number of pyridine rings is 1. The van der Waals surface area contributed by atoms with Gasteiger partial charge in [-0.3, -0.25) is 4.79 Å². The third-order valence-electron chi connectivity index (χ3n) is 6.66. The van der Waals surface area contributed by atoms with Gasteiger partial charge in [-0.25, -0.2) is 4.98 Å². The van der Waals surface area contributed by atoms with Crippen LogP contribution in [0, 0.1) is 22.7 Å². The van der Waals surface area contributed by atoms with Crippen molar-refractivity contribution in [2.24, 2.45) is 11.3 Å². The van der Waals surface area contributed by atoms with Gasteiger partial charge in [0.25, 0.3) is 0 Å². The molecule has 1 amide bonds. The van der Waals surface area contributed by atoms with Gasteiger partial charge in [0.1, 0.15) is 5.82 Å². The topological polar surface area (TPSA) is 75.0 Å². The molecule has 0 bridgehead atoms. The van der Waals surface area contributed by atoms with Crippen LogP contribution >= 0.6 is 0 Å². The van der Waals surface area contributed by atoms with E-state index in [4.69, 9.17) is 0 Å². The quantitative estimate of drug-likeness (QED) is 0.842. The van der Waals surface area contributed by atoms with Gasteiger partial charge in [0.15, 0.2) is 0 Å². The van der Waals surface area contributed by atoms with Crippen LogP contribution in [0.3, 0.4) is 0 Å². The Balaban J connectivity index is 1.31. The highest BCUT2D eigenvalue weighted by Crippen LogP contribution is 2.78. The fourth-order valence-electron chi connectivity index (χ4n) is 4.59. The molecule has 3 aliphatic rings. The first-order valence-corrected chi connectivity index (χ1v) is 9.51. The highest BCUT2D eigenvalue weighted by atomic mass is 19.3. The molecule has 0 saturated heterocycles. The van der Waals surface area contributed by atoms with Crippen LogP contribution in [0.4, 0.5) is 14.6 Å². The molecule has 3 saturated carbocycles. The number of ether oxygens (including phenoxy) is 1. The van der Waals surface area contributed by atoms with E-state index in [2.05, 4.69) is 21.1 Å². The molecule has 1 spiro atoms. The number of hydrogen-bond donors (Lipinski definition) is 1. The van der Waals surface area contributed by atoms with Crippen molar-refractivity contribution >= 4 is 22.5 Å². The van der Waals surface area contributed by atoms with E-state index in [1.807, 2.05) is 18.2 Å². The number of anilines is 1. The van der Waals surface area contributed by atoms with E-state index >= 15 is 0 Å². The second-order valence-corrected chi connectivity index (χ2v) is 8.28. The number of fused-ring (bicyclic) bond motifs is 1. The number of aromatic nitrogens is 1. The van der Waals surface area contributed by atoms with E-state index in [1.54, 1.807) is 12.3 Å². The van der Waals surface area contributed by atoms with E-state index in [0.29, 0.717) is 18.7 Å². The number of amides is 1. The van der Waals surface area contributed by atoms with Crippen molar-refractivity contribution < 1.29 is 18.3 Å². The van der Waals surface area contributed by atoms with Crippen LogP contribution in [0.2, 0.25) is 0 Å². The monoisotopic (exact) mass is 383 g/mol. The number of nitrogens with zero attached hydrogens (tertiary/aromatic N) is 2. The molecular formula is C21H19F2N3O2. The van der Waals surface area contributed by atoms with Crippen LogP contribution in [0.1, 0.15) is 37.7 Å². The molecule has 5 nitrogen and oxygen atoms in total. The summed E-state index contributed by atoms with van der Waals surface area (Å²) in [5, 5.41) is 14.4. The molecule has 0 radical (unpaired) electrons. The average molecular weight is 383 g/mol. The molecule has 1 atom stereocenters. The molecular weight excluding hydrogens is 364 g/mol. The van der Waals surface area contributed by atoms with Crippen LogP contribution in [0.25, 0.3) is 10.8 Å². The first-order valence-electron chi connectivity index (χ1n) is 9.51. The zero-order valence-corrected chi connectivity index (χ0v) is 15.1. The molecule has 1 aromatic heterocycles. The smallest absolute Gasteiger partial charge is 0.320 e. The van der Waals surface area contributed by atoms with Gasteiger partial charge in [-0.1, -0.05) is 12.1 Å². The maximum atomic E-state index is 12.3. The number of halogens is 2. The van der Waals surface area contributed by atoms with Crippen LogP contribution in [0.15, 0.2) is 30.5 Å². The Morgan fingerprint density at radius 3 is 2.71 bits per heavy atom. The van der Waals surface area contributed by atoms with Gasteiger partial charge < -0.3 is 10.1 Å². The average Bonchev–Trinajstić information content (AvgIpc) is 3.55. The fraction of sp³-hybridized carbons (Fsp3) is 0.476. The number of nitriles is 1. The molecule has 5 rings (SSSR count). The van der Waals surface area contributed by atoms with Gasteiger partial charge in [0.05, 0.1) is 17.6 Å². The van der Waals surface area contributed by atoms with E-state index in [1.165, 1.54) is 0 Å². The highest BCUT2D eigenvalue weighted by molar-refractivity contribution is 5.94. The lowest BCUT2D eigenvalue weighted by atomic mass is 9.81. The SMILES string of the molecule is N#C[C@@]1(c2ccc3cnc(NC(=O)C4CC(OC(F)F)C4)cc3c2)CC12CC2. The van der Waals surface area contributed by atoms with Crippen LogP contribution in [-0.2, 0) is 14.9 Å². The Morgan fingerprint density at radius 1 is 1.29 bits per heavy atom. The molecule has 1 heterocycles. The van der Waals surface area contributed by atoms with Gasteiger partial charge in [-0.15, -0.1) is 0 Å². The van der Waals surface area contributed by atoms with E-state index in [9.17, 15) is 18.8 Å². The van der Waals surface area contributed by atoms with Gasteiger partial charge >= 0.3 is 6.61 Å². The number of nitrogens with one attached hydrogen (secondary N) is 1. The molecule has 3 aliphatic carbocycles. The normalized spacial score (nSPS) is 29.4. The zero-order valence-electron chi connectivity index (χ0n) is 15.1. The van der Waals surface area contributed by atoms with Crippen molar-refractivity contribution in [3.05, 3.63) is 36.0 Å². The van der Waals surface area contributed by atoms with Gasteiger partial charge in [-0.05, 0) is 60.6 Å². The van der Waals surface area contributed by atoms with Gasteiger partial charge in [0.2, 0.25) is 5.91 Å². The molecule has 3 fully saturated rings. The molecule has 144 valence electrons. The Kier molecular flexibility index (Phi) is 3.72. The second-order valence-electron chi connectivity index (χ2n) is 8.28.